The van der Waals surface area contributed by atoms with Crippen LogP contribution in [-0.4, -0.2) is 47.8 Å². The van der Waals surface area contributed by atoms with Crippen LogP contribution in [0.2, 0.25) is 0 Å². The summed E-state index contributed by atoms with van der Waals surface area (Å²) >= 11 is 0. The molecule has 2 fully saturated rings. The zero-order valence-corrected chi connectivity index (χ0v) is 14.8. The third-order valence-electron chi connectivity index (χ3n) is 4.62. The van der Waals surface area contributed by atoms with Crippen molar-refractivity contribution in [1.29, 1.82) is 0 Å². The normalized spacial score (nSPS) is 19.9. The van der Waals surface area contributed by atoms with Crippen molar-refractivity contribution in [1.82, 2.24) is 15.3 Å². The smallest absolute Gasteiger partial charge is 0.319 e. The van der Waals surface area contributed by atoms with E-state index in [1.165, 1.54) is 0 Å². The molecule has 0 unspecified atom stereocenters. The number of carbonyl (C=O) groups excluding carboxylic acids is 1. The van der Waals surface area contributed by atoms with Gasteiger partial charge in [-0.3, -0.25) is 0 Å². The van der Waals surface area contributed by atoms with Gasteiger partial charge in [0.15, 0.2) is 5.82 Å². The van der Waals surface area contributed by atoms with E-state index < -0.39 is 0 Å². The zero-order valence-electron chi connectivity index (χ0n) is 14.8. The van der Waals surface area contributed by atoms with Crippen LogP contribution >= 0.6 is 0 Å². The molecule has 2 amide bonds. The van der Waals surface area contributed by atoms with Gasteiger partial charge in [0.2, 0.25) is 0 Å². The standard InChI is InChI=1S/C19H23N5O2/c1-13-12-26-11-10-24(13)17-8-9-20-18(23-17)14-2-4-15(5-3-14)21-19(25)22-16-6-7-16/h2-5,8-9,13,16H,6-7,10-12H2,1H3,(H2,21,22,25)/t13-/m0/s1. The average molecular weight is 353 g/mol. The first-order chi connectivity index (χ1) is 12.7. The van der Waals surface area contributed by atoms with Crippen LogP contribution in [-0.2, 0) is 4.74 Å². The Balaban J connectivity index is 1.46. The van der Waals surface area contributed by atoms with E-state index in [-0.39, 0.29) is 6.03 Å². The van der Waals surface area contributed by atoms with Crippen LogP contribution in [0, 0.1) is 0 Å². The van der Waals surface area contributed by atoms with Crippen molar-refractivity contribution in [2.24, 2.45) is 0 Å². The molecule has 26 heavy (non-hydrogen) atoms. The van der Waals surface area contributed by atoms with E-state index >= 15 is 0 Å². The number of hydrogen-bond acceptors (Lipinski definition) is 5. The molecule has 2 aromatic rings. The van der Waals surface area contributed by atoms with Crippen molar-refractivity contribution in [3.63, 3.8) is 0 Å². The van der Waals surface area contributed by atoms with E-state index in [1.807, 2.05) is 30.3 Å². The Morgan fingerprint density at radius 2 is 2.04 bits per heavy atom. The van der Waals surface area contributed by atoms with E-state index in [1.54, 1.807) is 6.20 Å². The Kier molecular flexibility index (Phi) is 4.71. The average Bonchev–Trinajstić information content (AvgIpc) is 3.47. The molecule has 2 N–H and O–H groups in total. The molecule has 0 spiro atoms. The Morgan fingerprint density at radius 3 is 2.77 bits per heavy atom. The van der Waals surface area contributed by atoms with E-state index in [2.05, 4.69) is 27.4 Å². The maximum atomic E-state index is 11.8. The van der Waals surface area contributed by atoms with Crippen LogP contribution in [0.3, 0.4) is 0 Å². The number of urea groups is 1. The number of nitrogens with zero attached hydrogens (tertiary/aromatic N) is 3. The van der Waals surface area contributed by atoms with Gasteiger partial charge in [-0.15, -0.1) is 0 Å². The molecule has 2 aliphatic rings. The highest BCUT2D eigenvalue weighted by Gasteiger charge is 2.23. The third-order valence-corrected chi connectivity index (χ3v) is 4.62. The zero-order chi connectivity index (χ0) is 17.9. The topological polar surface area (TPSA) is 79.4 Å². The van der Waals surface area contributed by atoms with Crippen molar-refractivity contribution >= 4 is 17.5 Å². The summed E-state index contributed by atoms with van der Waals surface area (Å²) < 4.78 is 5.50. The molecule has 1 atom stereocenters. The van der Waals surface area contributed by atoms with Crippen molar-refractivity contribution in [3.05, 3.63) is 36.5 Å². The molecule has 7 nitrogen and oxygen atoms in total. The fourth-order valence-electron chi connectivity index (χ4n) is 3.00. The van der Waals surface area contributed by atoms with Gasteiger partial charge in [-0.2, -0.15) is 0 Å². The molecule has 0 bridgehead atoms. The largest absolute Gasteiger partial charge is 0.377 e. The maximum absolute atomic E-state index is 11.8. The van der Waals surface area contributed by atoms with Crippen molar-refractivity contribution in [2.75, 3.05) is 30.0 Å². The van der Waals surface area contributed by atoms with Gasteiger partial charge in [0, 0.05) is 30.0 Å². The second kappa shape index (κ2) is 7.29. The number of anilines is 2. The van der Waals surface area contributed by atoms with Crippen LogP contribution in [0.1, 0.15) is 19.8 Å². The number of rotatable bonds is 4. The highest BCUT2D eigenvalue weighted by Crippen LogP contribution is 2.23. The Hall–Kier alpha value is -2.67. The van der Waals surface area contributed by atoms with Gasteiger partial charge in [0.25, 0.3) is 0 Å². The minimum absolute atomic E-state index is 0.153. The van der Waals surface area contributed by atoms with Gasteiger partial charge in [-0.25, -0.2) is 14.8 Å². The molecule has 136 valence electrons. The molecule has 1 aliphatic carbocycles. The first kappa shape index (κ1) is 16.8. The van der Waals surface area contributed by atoms with Crippen LogP contribution in [0.5, 0.6) is 0 Å². The fraction of sp³-hybridized carbons (Fsp3) is 0.421. The summed E-state index contributed by atoms with van der Waals surface area (Å²) in [5.41, 5.74) is 1.67. The molecule has 1 aromatic heterocycles. The molecule has 1 saturated carbocycles. The van der Waals surface area contributed by atoms with E-state index in [0.29, 0.717) is 31.1 Å². The van der Waals surface area contributed by atoms with E-state index in [9.17, 15) is 4.79 Å². The first-order valence-electron chi connectivity index (χ1n) is 9.04. The summed E-state index contributed by atoms with van der Waals surface area (Å²) in [6, 6.07) is 10.0. The second-order valence-electron chi connectivity index (χ2n) is 6.81. The fourth-order valence-corrected chi connectivity index (χ4v) is 3.00. The summed E-state index contributed by atoms with van der Waals surface area (Å²) in [6.07, 6.45) is 3.93. The van der Waals surface area contributed by atoms with Crippen molar-refractivity contribution in [2.45, 2.75) is 31.8 Å². The number of benzene rings is 1. The summed E-state index contributed by atoms with van der Waals surface area (Å²) in [5.74, 6) is 1.59. The Morgan fingerprint density at radius 1 is 1.23 bits per heavy atom. The molecule has 2 heterocycles. The summed E-state index contributed by atoms with van der Waals surface area (Å²) in [4.78, 5) is 23.2. The predicted octanol–water partition coefficient (Wildman–Crippen LogP) is 2.65. The van der Waals surface area contributed by atoms with Crippen LogP contribution in [0.25, 0.3) is 11.4 Å². The van der Waals surface area contributed by atoms with Gasteiger partial charge >= 0.3 is 6.03 Å². The minimum Gasteiger partial charge on any atom is -0.377 e. The van der Waals surface area contributed by atoms with Crippen molar-refractivity contribution in [3.8, 4) is 11.4 Å². The van der Waals surface area contributed by atoms with Crippen LogP contribution in [0.15, 0.2) is 36.5 Å². The molecule has 4 rings (SSSR count). The second-order valence-corrected chi connectivity index (χ2v) is 6.81. The number of carbonyl (C=O) groups is 1. The van der Waals surface area contributed by atoms with Crippen LogP contribution < -0.4 is 15.5 Å². The van der Waals surface area contributed by atoms with Gasteiger partial charge in [0.1, 0.15) is 5.82 Å². The molecular weight excluding hydrogens is 330 g/mol. The lowest BCUT2D eigenvalue weighted by atomic mass is 10.2. The van der Waals surface area contributed by atoms with Gasteiger partial charge in [-0.05, 0) is 50.1 Å². The Bertz CT molecular complexity index is 776. The van der Waals surface area contributed by atoms with E-state index in [0.717, 1.165) is 36.5 Å². The quantitative estimate of drug-likeness (QED) is 0.883. The van der Waals surface area contributed by atoms with Crippen LogP contribution in [0.4, 0.5) is 16.3 Å². The Labute approximate surface area is 152 Å². The number of morpholine rings is 1. The summed E-state index contributed by atoms with van der Waals surface area (Å²) in [6.45, 7) is 4.39. The minimum atomic E-state index is -0.153. The third kappa shape index (κ3) is 3.94. The molecule has 1 aromatic carbocycles. The van der Waals surface area contributed by atoms with Gasteiger partial charge < -0.3 is 20.3 Å². The number of nitrogens with one attached hydrogen (secondary N) is 2. The number of aromatic nitrogens is 2. The number of ether oxygens (including phenoxy) is 1. The monoisotopic (exact) mass is 353 g/mol. The summed E-state index contributed by atoms with van der Waals surface area (Å²) in [5, 5.41) is 5.75. The highest BCUT2D eigenvalue weighted by molar-refractivity contribution is 5.89. The first-order valence-corrected chi connectivity index (χ1v) is 9.04. The lowest BCUT2D eigenvalue weighted by Gasteiger charge is -2.34. The molecular formula is C19H23N5O2. The number of hydrogen-bond donors (Lipinski definition) is 2. The number of amides is 2. The maximum Gasteiger partial charge on any atom is 0.319 e. The molecule has 1 aliphatic heterocycles. The van der Waals surface area contributed by atoms with E-state index in [4.69, 9.17) is 9.72 Å². The SMILES string of the molecule is C[C@H]1COCCN1c1ccnc(-c2ccc(NC(=O)NC3CC3)cc2)n1. The molecule has 0 radical (unpaired) electrons. The highest BCUT2D eigenvalue weighted by atomic mass is 16.5. The molecule has 1 saturated heterocycles. The lowest BCUT2D eigenvalue weighted by Crippen LogP contribution is -2.44. The lowest BCUT2D eigenvalue weighted by molar-refractivity contribution is 0.0985. The molecule has 7 heteroatoms. The van der Waals surface area contributed by atoms with Gasteiger partial charge in [-0.1, -0.05) is 0 Å². The predicted molar refractivity (Wildman–Crippen MR) is 100 cm³/mol. The van der Waals surface area contributed by atoms with Gasteiger partial charge in [0.05, 0.1) is 19.3 Å². The summed E-state index contributed by atoms with van der Waals surface area (Å²) in [7, 11) is 0. The van der Waals surface area contributed by atoms with Crippen molar-refractivity contribution < 1.29 is 9.53 Å².